The maximum absolute atomic E-state index is 13.5. The normalized spacial score (nSPS) is 10.9. The number of amides is 1. The average molecular weight is 525 g/mol. The molecular formula is C31H28N2O6. The number of nitrogens with zero attached hydrogens (tertiary/aromatic N) is 1. The fourth-order valence-electron chi connectivity index (χ4n) is 3.83. The number of esters is 1. The van der Waals surface area contributed by atoms with Crippen LogP contribution in [0.3, 0.4) is 0 Å². The molecule has 0 aliphatic carbocycles. The number of nitro groups is 1. The minimum Gasteiger partial charge on any atom is -0.488 e. The summed E-state index contributed by atoms with van der Waals surface area (Å²) >= 11 is 0. The van der Waals surface area contributed by atoms with E-state index < -0.39 is 22.4 Å². The molecule has 0 radical (unpaired) electrons. The van der Waals surface area contributed by atoms with Crippen molar-refractivity contribution in [2.45, 2.75) is 33.0 Å². The van der Waals surface area contributed by atoms with Gasteiger partial charge >= 0.3 is 5.97 Å². The highest BCUT2D eigenvalue weighted by Gasteiger charge is 2.24. The van der Waals surface area contributed by atoms with Gasteiger partial charge in [-0.25, -0.2) is 4.79 Å². The summed E-state index contributed by atoms with van der Waals surface area (Å²) in [6, 6.07) is 27.6. The monoisotopic (exact) mass is 524 g/mol. The van der Waals surface area contributed by atoms with Crippen molar-refractivity contribution in [3.05, 3.63) is 124 Å². The van der Waals surface area contributed by atoms with Gasteiger partial charge in [-0.2, -0.15) is 0 Å². The molecule has 0 atom stereocenters. The van der Waals surface area contributed by atoms with E-state index in [9.17, 15) is 19.7 Å². The van der Waals surface area contributed by atoms with Gasteiger partial charge in [-0.05, 0) is 55.7 Å². The van der Waals surface area contributed by atoms with E-state index >= 15 is 0 Å². The molecule has 8 heteroatoms. The highest BCUT2D eigenvalue weighted by Crippen LogP contribution is 2.30. The fourth-order valence-corrected chi connectivity index (χ4v) is 3.83. The van der Waals surface area contributed by atoms with Gasteiger partial charge in [-0.1, -0.05) is 66.7 Å². The van der Waals surface area contributed by atoms with Gasteiger partial charge in [0.15, 0.2) is 0 Å². The maximum atomic E-state index is 13.5. The van der Waals surface area contributed by atoms with Crippen LogP contribution in [0.25, 0.3) is 11.1 Å². The zero-order valence-electron chi connectivity index (χ0n) is 21.8. The lowest BCUT2D eigenvalue weighted by molar-refractivity contribution is -0.384. The highest BCUT2D eigenvalue weighted by molar-refractivity contribution is 6.10. The van der Waals surface area contributed by atoms with E-state index in [0.29, 0.717) is 0 Å². The number of nitrogens with one attached hydrogen (secondary N) is 1. The lowest BCUT2D eigenvalue weighted by Crippen LogP contribution is -2.25. The number of benzene rings is 4. The molecule has 4 rings (SSSR count). The Hall–Kier alpha value is -4.98. The lowest BCUT2D eigenvalue weighted by Gasteiger charge is -2.21. The van der Waals surface area contributed by atoms with Crippen LogP contribution in [-0.2, 0) is 11.3 Å². The first-order valence-electron chi connectivity index (χ1n) is 12.3. The molecule has 0 unspecified atom stereocenters. The molecule has 0 heterocycles. The lowest BCUT2D eigenvalue weighted by atomic mass is 10.0. The highest BCUT2D eigenvalue weighted by atomic mass is 16.6. The smallest absolute Gasteiger partial charge is 0.340 e. The third kappa shape index (κ3) is 7.07. The van der Waals surface area contributed by atoms with Gasteiger partial charge in [0, 0.05) is 6.07 Å². The third-order valence-corrected chi connectivity index (χ3v) is 5.65. The van der Waals surface area contributed by atoms with Crippen molar-refractivity contribution in [1.82, 2.24) is 0 Å². The molecule has 0 aromatic heterocycles. The predicted octanol–water partition coefficient (Wildman–Crippen LogP) is 7.05. The van der Waals surface area contributed by atoms with Crippen LogP contribution in [0.5, 0.6) is 5.75 Å². The van der Waals surface area contributed by atoms with Gasteiger partial charge in [-0.3, -0.25) is 14.9 Å². The minimum absolute atomic E-state index is 0.0450. The van der Waals surface area contributed by atoms with Crippen LogP contribution in [0.2, 0.25) is 0 Å². The second-order valence-corrected chi connectivity index (χ2v) is 9.79. The van der Waals surface area contributed by atoms with Gasteiger partial charge in [-0.15, -0.1) is 0 Å². The Labute approximate surface area is 226 Å². The number of hydrogen-bond donors (Lipinski definition) is 1. The number of nitro benzene ring substituents is 1. The van der Waals surface area contributed by atoms with Crippen LogP contribution < -0.4 is 10.1 Å². The first kappa shape index (κ1) is 27.1. The molecule has 4 aromatic carbocycles. The van der Waals surface area contributed by atoms with Gasteiger partial charge in [0.1, 0.15) is 18.0 Å². The second-order valence-electron chi connectivity index (χ2n) is 9.79. The minimum atomic E-state index is -0.743. The van der Waals surface area contributed by atoms with Gasteiger partial charge < -0.3 is 14.8 Å². The molecule has 4 aromatic rings. The molecule has 1 amide bonds. The van der Waals surface area contributed by atoms with Crippen molar-refractivity contribution in [2.24, 2.45) is 0 Å². The Morgan fingerprint density at radius 3 is 2.10 bits per heavy atom. The molecule has 39 heavy (non-hydrogen) atoms. The Morgan fingerprint density at radius 1 is 0.821 bits per heavy atom. The van der Waals surface area contributed by atoms with Crippen LogP contribution in [0, 0.1) is 10.1 Å². The van der Waals surface area contributed by atoms with E-state index in [1.54, 1.807) is 39.0 Å². The number of rotatable bonds is 8. The van der Waals surface area contributed by atoms with Crippen molar-refractivity contribution in [2.75, 3.05) is 5.32 Å². The molecule has 0 aliphatic rings. The average Bonchev–Trinajstić information content (AvgIpc) is 2.91. The summed E-state index contributed by atoms with van der Waals surface area (Å²) in [7, 11) is 0. The third-order valence-electron chi connectivity index (χ3n) is 5.65. The van der Waals surface area contributed by atoms with Crippen molar-refractivity contribution < 1.29 is 24.0 Å². The zero-order chi connectivity index (χ0) is 28.0. The van der Waals surface area contributed by atoms with Crippen molar-refractivity contribution in [1.29, 1.82) is 0 Å². The summed E-state index contributed by atoms with van der Waals surface area (Å²) in [5.41, 5.74) is 2.04. The summed E-state index contributed by atoms with van der Waals surface area (Å²) in [6.07, 6.45) is 0. The number of hydrogen-bond acceptors (Lipinski definition) is 6. The molecule has 1 N–H and O–H groups in total. The Morgan fingerprint density at radius 2 is 1.46 bits per heavy atom. The van der Waals surface area contributed by atoms with Gasteiger partial charge in [0.2, 0.25) is 0 Å². The Kier molecular flexibility index (Phi) is 8.05. The molecule has 198 valence electrons. The summed E-state index contributed by atoms with van der Waals surface area (Å²) in [6.45, 7) is 5.38. The van der Waals surface area contributed by atoms with Crippen LogP contribution in [-0.4, -0.2) is 22.4 Å². The van der Waals surface area contributed by atoms with E-state index in [1.165, 1.54) is 18.2 Å². The van der Waals surface area contributed by atoms with Crippen molar-refractivity contribution >= 4 is 23.3 Å². The van der Waals surface area contributed by atoms with E-state index in [2.05, 4.69) is 5.32 Å². The van der Waals surface area contributed by atoms with Crippen molar-refractivity contribution in [3.8, 4) is 16.9 Å². The molecule has 8 nitrogen and oxygen atoms in total. The van der Waals surface area contributed by atoms with E-state index in [-0.39, 0.29) is 34.9 Å². The second kappa shape index (κ2) is 11.6. The van der Waals surface area contributed by atoms with E-state index in [1.807, 2.05) is 60.7 Å². The van der Waals surface area contributed by atoms with Gasteiger partial charge in [0.25, 0.3) is 11.6 Å². The first-order valence-corrected chi connectivity index (χ1v) is 12.3. The molecule has 0 saturated carbocycles. The standard InChI is InChI=1S/C31H28N2O6/c1-31(2,3)39-30(35)25-16-14-23(22-12-8-5-9-13-22)18-27(25)32-29(34)26-17-15-24(33(36)37)19-28(26)38-20-21-10-6-4-7-11-21/h4-19H,20H2,1-3H3,(H,32,34). The summed E-state index contributed by atoms with van der Waals surface area (Å²) in [5, 5.41) is 14.2. The molecule has 0 saturated heterocycles. The molecule has 0 bridgehead atoms. The predicted molar refractivity (Wildman–Crippen MR) is 149 cm³/mol. The quantitative estimate of drug-likeness (QED) is 0.150. The number of anilines is 1. The molecule has 0 aliphatic heterocycles. The summed E-state index contributed by atoms with van der Waals surface area (Å²) < 4.78 is 11.4. The van der Waals surface area contributed by atoms with Crippen LogP contribution in [0.15, 0.2) is 97.1 Å². The van der Waals surface area contributed by atoms with Gasteiger partial charge in [0.05, 0.1) is 27.8 Å². The zero-order valence-corrected chi connectivity index (χ0v) is 21.8. The topological polar surface area (TPSA) is 108 Å². The van der Waals surface area contributed by atoms with Crippen LogP contribution in [0.1, 0.15) is 47.1 Å². The fraction of sp³-hybridized carbons (Fsp3) is 0.161. The Bertz CT molecular complexity index is 1500. The largest absolute Gasteiger partial charge is 0.488 e. The Balaban J connectivity index is 1.70. The van der Waals surface area contributed by atoms with Crippen LogP contribution in [0.4, 0.5) is 11.4 Å². The number of carbonyl (C=O) groups is 2. The number of ether oxygens (including phenoxy) is 2. The molecule has 0 spiro atoms. The van der Waals surface area contributed by atoms with E-state index in [4.69, 9.17) is 9.47 Å². The number of carbonyl (C=O) groups excluding carboxylic acids is 2. The van der Waals surface area contributed by atoms with Crippen LogP contribution >= 0.6 is 0 Å². The molecular weight excluding hydrogens is 496 g/mol. The SMILES string of the molecule is CC(C)(C)OC(=O)c1ccc(-c2ccccc2)cc1NC(=O)c1ccc([N+](=O)[O-])cc1OCc1ccccc1. The number of non-ortho nitro benzene ring substituents is 1. The summed E-state index contributed by atoms with van der Waals surface area (Å²) in [5.74, 6) is -1.15. The van der Waals surface area contributed by atoms with Crippen molar-refractivity contribution in [3.63, 3.8) is 0 Å². The maximum Gasteiger partial charge on any atom is 0.340 e. The molecule has 0 fully saturated rings. The van der Waals surface area contributed by atoms with E-state index in [0.717, 1.165) is 16.7 Å². The first-order chi connectivity index (χ1) is 18.6. The summed E-state index contributed by atoms with van der Waals surface area (Å²) in [4.78, 5) is 37.4.